The highest BCUT2D eigenvalue weighted by Crippen LogP contribution is 2.52. The normalized spacial score (nSPS) is 34.0. The van der Waals surface area contributed by atoms with E-state index >= 15 is 0 Å². The van der Waals surface area contributed by atoms with Crippen molar-refractivity contribution in [3.63, 3.8) is 0 Å². The number of allylic oxidation sites excluding steroid dienone is 3. The van der Waals surface area contributed by atoms with Gasteiger partial charge in [0.15, 0.2) is 0 Å². The van der Waals surface area contributed by atoms with E-state index in [9.17, 15) is 34.5 Å². The summed E-state index contributed by atoms with van der Waals surface area (Å²) in [7, 11) is 1.47. The Bertz CT molecular complexity index is 2110. The van der Waals surface area contributed by atoms with Crippen molar-refractivity contribution in [2.75, 3.05) is 26.7 Å². The Morgan fingerprint density at radius 2 is 1.67 bits per heavy atom. The minimum atomic E-state index is -1.95. The minimum absolute atomic E-state index is 0.000567. The first-order valence-electron chi connectivity index (χ1n) is 21.5. The van der Waals surface area contributed by atoms with Crippen LogP contribution in [0.15, 0.2) is 52.4 Å². The van der Waals surface area contributed by atoms with Gasteiger partial charge in [0.2, 0.25) is 5.78 Å². The van der Waals surface area contributed by atoms with Gasteiger partial charge in [-0.1, -0.05) is 59.8 Å². The van der Waals surface area contributed by atoms with Crippen LogP contribution in [0.4, 0.5) is 0 Å². The fourth-order valence-corrected chi connectivity index (χ4v) is 9.63. The Kier molecular flexibility index (Phi) is 13.3. The number of piperidine rings is 1. The average Bonchev–Trinajstić information content (AvgIpc) is 3.71. The van der Waals surface area contributed by atoms with Crippen molar-refractivity contribution in [1.82, 2.24) is 10.2 Å². The van der Waals surface area contributed by atoms with Gasteiger partial charge in [0.1, 0.15) is 17.6 Å². The van der Waals surface area contributed by atoms with Crippen LogP contribution in [0.5, 0.6) is 11.5 Å². The number of amides is 1. The summed E-state index contributed by atoms with van der Waals surface area (Å²) in [4.78, 5) is 63.5. The number of likely N-dealkylation sites (tertiary alicyclic amines) is 1. The second kappa shape index (κ2) is 17.6. The molecule has 5 bridgehead atoms. The van der Waals surface area contributed by atoms with Crippen LogP contribution in [0.2, 0.25) is 0 Å². The number of methoxy groups -OCH3 is 1. The van der Waals surface area contributed by atoms with E-state index in [2.05, 4.69) is 24.1 Å². The molecule has 1 amide bonds. The summed E-state index contributed by atoms with van der Waals surface area (Å²) in [5, 5.41) is 37.6. The summed E-state index contributed by atoms with van der Waals surface area (Å²) in [6.07, 6.45) is 5.72. The third-order valence-electron chi connectivity index (χ3n) is 13.3. The number of hydrogen-bond donors (Lipinski definition) is 4. The van der Waals surface area contributed by atoms with Gasteiger partial charge in [-0.3, -0.25) is 24.2 Å². The van der Waals surface area contributed by atoms with Crippen LogP contribution in [0, 0.1) is 36.5 Å². The molecule has 14 nitrogen and oxygen atoms in total. The molecule has 61 heavy (non-hydrogen) atoms. The predicted molar refractivity (Wildman–Crippen MR) is 228 cm³/mol. The van der Waals surface area contributed by atoms with Crippen molar-refractivity contribution in [1.29, 1.82) is 0 Å². The molecule has 14 heteroatoms. The summed E-state index contributed by atoms with van der Waals surface area (Å²) < 4.78 is 24.0. The standard InChI is InChI=1S/C47H63N3O11/c1-23(2)22-50-18-16-47(17-19-50)21-31-36(49-47)33-34-40(54)29(8)43-35(33)44(56)46(10,61-43)59-20-15-32(58-11)26(5)42(60-30(9)51)28(7)39(53)27(6)38(52)24(3)13-12-14-25(4)45(57)48-37(31)41(34)55/h12-15,20,23-24,26-28,32,38-39,42,52-54H,16-19,21-22H2,1-11H3,(H,48,57)/b13-12+,20-15+,25-14+/t24-,26+,27+,28+,32-,38-,39+,42+,46-/m0/s1. The first-order chi connectivity index (χ1) is 28.6. The highest BCUT2D eigenvalue weighted by Gasteiger charge is 2.54. The molecule has 6 rings (SSSR count). The number of aliphatic imine (C=N–C) groups is 1. The van der Waals surface area contributed by atoms with E-state index in [0.29, 0.717) is 36.5 Å². The van der Waals surface area contributed by atoms with E-state index in [1.165, 1.54) is 27.2 Å². The molecule has 1 fully saturated rings. The van der Waals surface area contributed by atoms with E-state index < -0.39 is 88.6 Å². The van der Waals surface area contributed by atoms with Gasteiger partial charge in [-0.05, 0) is 38.7 Å². The maximum atomic E-state index is 14.7. The smallest absolute Gasteiger partial charge is 0.312 e. The van der Waals surface area contributed by atoms with Crippen LogP contribution in [-0.2, 0) is 23.8 Å². The lowest BCUT2D eigenvalue weighted by Crippen LogP contribution is -2.46. The Balaban J connectivity index is 1.49. The number of ketones is 2. The predicted octanol–water partition coefficient (Wildman–Crippen LogP) is 5.50. The molecular formula is C47H63N3O11. The Hall–Kier alpha value is -4.63. The number of esters is 1. The number of carbonyl (C=O) groups is 4. The van der Waals surface area contributed by atoms with E-state index in [1.54, 1.807) is 65.8 Å². The first kappa shape index (κ1) is 45.9. The molecular weight excluding hydrogens is 783 g/mol. The van der Waals surface area contributed by atoms with Gasteiger partial charge in [-0.25, -0.2) is 0 Å². The highest BCUT2D eigenvalue weighted by molar-refractivity contribution is 6.34. The Labute approximate surface area is 358 Å². The fourth-order valence-electron chi connectivity index (χ4n) is 9.63. The second-order valence-corrected chi connectivity index (χ2v) is 18.4. The number of carbonyl (C=O) groups excluding carboxylic acids is 4. The van der Waals surface area contributed by atoms with Crippen LogP contribution in [0.25, 0.3) is 0 Å². The molecule has 1 saturated heterocycles. The molecule has 4 aliphatic heterocycles. The molecule has 332 valence electrons. The van der Waals surface area contributed by atoms with Crippen LogP contribution < -0.4 is 10.1 Å². The number of aliphatic hydroxyl groups excluding tert-OH is 2. The molecule has 1 spiro atoms. The molecule has 1 aromatic rings. The van der Waals surface area contributed by atoms with E-state index in [0.717, 1.165) is 19.6 Å². The number of phenolic OH excluding ortho intramolecular Hbond substituents is 1. The molecule has 0 radical (unpaired) electrons. The zero-order chi connectivity index (χ0) is 44.9. The summed E-state index contributed by atoms with van der Waals surface area (Å²) in [5.74, 6) is -6.52. The molecule has 0 unspecified atom stereocenters. The van der Waals surface area contributed by atoms with Gasteiger partial charge in [0.25, 0.3) is 11.7 Å². The zero-order valence-corrected chi connectivity index (χ0v) is 37.3. The third kappa shape index (κ3) is 8.61. The number of aliphatic hydroxyl groups is 2. The van der Waals surface area contributed by atoms with Crippen molar-refractivity contribution in [2.45, 2.75) is 124 Å². The van der Waals surface area contributed by atoms with Gasteiger partial charge in [-0.2, -0.15) is 0 Å². The topological polar surface area (TPSA) is 194 Å². The van der Waals surface area contributed by atoms with Gasteiger partial charge in [0, 0.05) is 93.0 Å². The lowest BCUT2D eigenvalue weighted by atomic mass is 9.78. The number of phenols is 1. The maximum Gasteiger partial charge on any atom is 0.312 e. The SMILES string of the molecule is CO[C@H]1/C=C/O[C@@]2(C)Oc3c(C)c(O)c4c(c3C2=O)C2=NC3(CCN(CC(C)C)CC3)CC2=C(NC(=O)/C(C)=C/C=C/[C@H](C)[C@H](O)[C@@H](C)[C@@H](O)[C@@H](C)[C@H](OC(C)=O)[C@@H]1C)C4=O. The third-order valence-corrected chi connectivity index (χ3v) is 13.3. The lowest BCUT2D eigenvalue weighted by Gasteiger charge is -2.38. The quantitative estimate of drug-likeness (QED) is 0.279. The maximum absolute atomic E-state index is 14.7. The van der Waals surface area contributed by atoms with Crippen molar-refractivity contribution < 1.29 is 53.4 Å². The lowest BCUT2D eigenvalue weighted by molar-refractivity contribution is -0.160. The second-order valence-electron chi connectivity index (χ2n) is 18.4. The largest absolute Gasteiger partial charge is 0.507 e. The van der Waals surface area contributed by atoms with E-state index in [4.69, 9.17) is 23.9 Å². The van der Waals surface area contributed by atoms with Gasteiger partial charge >= 0.3 is 11.8 Å². The summed E-state index contributed by atoms with van der Waals surface area (Å²) in [6, 6.07) is 0. The van der Waals surface area contributed by atoms with Gasteiger partial charge in [-0.15, -0.1) is 0 Å². The number of fused-ring (bicyclic) bond motifs is 3. The molecule has 0 aromatic heterocycles. The van der Waals surface area contributed by atoms with Crippen molar-refractivity contribution in [2.24, 2.45) is 34.6 Å². The average molecular weight is 846 g/mol. The number of ether oxygens (including phenoxy) is 4. The number of Topliss-reactive ketones (excluding diaryl/α,β-unsaturated/α-hetero) is 2. The van der Waals surface area contributed by atoms with Crippen LogP contribution in [0.3, 0.4) is 0 Å². The summed E-state index contributed by atoms with van der Waals surface area (Å²) in [6.45, 7) is 19.8. The number of nitrogens with zero attached hydrogens (tertiary/aromatic N) is 2. The van der Waals surface area contributed by atoms with E-state index in [-0.39, 0.29) is 39.3 Å². The number of rotatable bonds is 4. The van der Waals surface area contributed by atoms with Gasteiger partial charge in [0.05, 0.1) is 52.6 Å². The Morgan fingerprint density at radius 3 is 2.30 bits per heavy atom. The van der Waals surface area contributed by atoms with Gasteiger partial charge < -0.3 is 44.5 Å². The van der Waals surface area contributed by atoms with Crippen LogP contribution in [-0.4, -0.2) is 112 Å². The van der Waals surface area contributed by atoms with Crippen LogP contribution in [0.1, 0.15) is 113 Å². The first-order valence-corrected chi connectivity index (χ1v) is 21.5. The molecule has 4 heterocycles. The summed E-state index contributed by atoms with van der Waals surface area (Å²) in [5.41, 5.74) is 0.721. The minimum Gasteiger partial charge on any atom is -0.507 e. The molecule has 1 aliphatic carbocycles. The van der Waals surface area contributed by atoms with Crippen molar-refractivity contribution >= 4 is 29.2 Å². The number of benzene rings is 1. The molecule has 1 aromatic carbocycles. The monoisotopic (exact) mass is 845 g/mol. The number of aromatic hydroxyl groups is 1. The van der Waals surface area contributed by atoms with Crippen molar-refractivity contribution in [3.05, 3.63) is 69.7 Å². The fraction of sp³-hybridized carbons (Fsp3) is 0.596. The van der Waals surface area contributed by atoms with E-state index in [1.807, 2.05) is 0 Å². The molecule has 5 aliphatic rings. The zero-order valence-electron chi connectivity index (χ0n) is 37.3. The van der Waals surface area contributed by atoms with Crippen LogP contribution >= 0.6 is 0 Å². The molecule has 9 atom stereocenters. The number of nitrogens with one attached hydrogen (secondary N) is 1. The summed E-state index contributed by atoms with van der Waals surface area (Å²) >= 11 is 0. The highest BCUT2D eigenvalue weighted by atomic mass is 16.7. The Morgan fingerprint density at radius 1 is 1.00 bits per heavy atom. The molecule has 4 N–H and O–H groups in total. The molecule has 0 saturated carbocycles. The number of hydrogen-bond acceptors (Lipinski definition) is 13. The van der Waals surface area contributed by atoms with Crippen molar-refractivity contribution in [3.8, 4) is 11.5 Å².